The van der Waals surface area contributed by atoms with Gasteiger partial charge in [-0.2, -0.15) is 0 Å². The first kappa shape index (κ1) is 15.2. The Kier molecular flexibility index (Phi) is 6.05. The summed E-state index contributed by atoms with van der Waals surface area (Å²) in [5.41, 5.74) is 0. The lowest BCUT2D eigenvalue weighted by atomic mass is 9.84. The van der Waals surface area contributed by atoms with E-state index in [9.17, 15) is 4.39 Å². The molecular formula is C15H28FNO2. The maximum absolute atomic E-state index is 12.5. The summed E-state index contributed by atoms with van der Waals surface area (Å²) >= 11 is 0. The highest BCUT2D eigenvalue weighted by molar-refractivity contribution is 4.79. The van der Waals surface area contributed by atoms with E-state index in [1.165, 1.54) is 12.8 Å². The van der Waals surface area contributed by atoms with E-state index in [2.05, 4.69) is 12.2 Å². The van der Waals surface area contributed by atoms with Crippen molar-refractivity contribution in [3.05, 3.63) is 0 Å². The van der Waals surface area contributed by atoms with Crippen LogP contribution < -0.4 is 5.32 Å². The molecule has 2 rings (SSSR count). The summed E-state index contributed by atoms with van der Waals surface area (Å²) in [5.74, 6) is 0.804. The van der Waals surface area contributed by atoms with E-state index < -0.39 is 0 Å². The van der Waals surface area contributed by atoms with Crippen molar-refractivity contribution in [3.63, 3.8) is 0 Å². The number of halogens is 1. The fourth-order valence-electron chi connectivity index (χ4n) is 3.29. The number of hydrogen-bond acceptors (Lipinski definition) is 3. The lowest BCUT2D eigenvalue weighted by Gasteiger charge is -2.36. The van der Waals surface area contributed by atoms with Crippen LogP contribution in [-0.4, -0.2) is 38.8 Å². The third-order valence-corrected chi connectivity index (χ3v) is 4.75. The first-order valence-electron chi connectivity index (χ1n) is 7.70. The minimum Gasteiger partial charge on any atom is -0.381 e. The average molecular weight is 273 g/mol. The Balaban J connectivity index is 1.73. The van der Waals surface area contributed by atoms with E-state index in [0.29, 0.717) is 18.1 Å². The van der Waals surface area contributed by atoms with E-state index in [-0.39, 0.29) is 18.8 Å². The van der Waals surface area contributed by atoms with Crippen molar-refractivity contribution >= 4 is 0 Å². The summed E-state index contributed by atoms with van der Waals surface area (Å²) in [6.45, 7) is 2.69. The Morgan fingerprint density at radius 2 is 2.11 bits per heavy atom. The molecule has 4 heteroatoms. The predicted octanol–water partition coefficient (Wildman–Crippen LogP) is 2.89. The summed E-state index contributed by atoms with van der Waals surface area (Å²) < 4.78 is 24.2. The molecule has 5 atom stereocenters. The van der Waals surface area contributed by atoms with Crippen molar-refractivity contribution in [2.24, 2.45) is 11.8 Å². The summed E-state index contributed by atoms with van der Waals surface area (Å²) in [7, 11) is 1.79. The summed E-state index contributed by atoms with van der Waals surface area (Å²) in [6.07, 6.45) is 7.40. The van der Waals surface area contributed by atoms with Gasteiger partial charge >= 0.3 is 0 Å². The van der Waals surface area contributed by atoms with Gasteiger partial charge in [0.2, 0.25) is 0 Å². The van der Waals surface area contributed by atoms with Gasteiger partial charge in [0, 0.05) is 13.7 Å². The molecule has 0 aromatic heterocycles. The first-order chi connectivity index (χ1) is 9.22. The zero-order valence-electron chi connectivity index (χ0n) is 12.2. The number of rotatable bonds is 5. The molecule has 112 valence electrons. The van der Waals surface area contributed by atoms with Crippen molar-refractivity contribution in [3.8, 4) is 0 Å². The number of hydrogen-bond donors (Lipinski definition) is 1. The molecule has 0 amide bonds. The van der Waals surface area contributed by atoms with Gasteiger partial charge in [-0.25, -0.2) is 0 Å². The summed E-state index contributed by atoms with van der Waals surface area (Å²) in [4.78, 5) is 0. The molecule has 1 aliphatic heterocycles. The molecule has 1 aliphatic carbocycles. The Hall–Kier alpha value is -0.190. The molecule has 2 fully saturated rings. The van der Waals surface area contributed by atoms with Crippen molar-refractivity contribution < 1.29 is 13.9 Å². The van der Waals surface area contributed by atoms with Crippen LogP contribution in [0.5, 0.6) is 0 Å². The highest BCUT2D eigenvalue weighted by atomic mass is 19.1. The van der Waals surface area contributed by atoms with Gasteiger partial charge in [0.15, 0.2) is 0 Å². The normalized spacial score (nSPS) is 38.1. The number of nitrogens with one attached hydrogen (secondary N) is 1. The lowest BCUT2D eigenvalue weighted by Crippen LogP contribution is -2.44. The molecule has 3 nitrogen and oxygen atoms in total. The van der Waals surface area contributed by atoms with E-state index in [1.807, 2.05) is 0 Å². The molecule has 0 spiro atoms. The highest BCUT2D eigenvalue weighted by Crippen LogP contribution is 2.31. The van der Waals surface area contributed by atoms with Gasteiger partial charge in [0.05, 0.1) is 18.9 Å². The van der Waals surface area contributed by atoms with Crippen LogP contribution in [0, 0.1) is 11.8 Å². The Labute approximate surface area is 116 Å². The quantitative estimate of drug-likeness (QED) is 0.835. The monoisotopic (exact) mass is 273 g/mol. The standard InChI is InChI=1S/C15H28FNO2/c1-11(18-2)13-4-3-5-14(8-13)19-15-7-6-12(9-16)10-17-15/h11-15,17H,3-10H2,1-2H3. The first-order valence-corrected chi connectivity index (χ1v) is 7.70. The Bertz CT molecular complexity index is 257. The van der Waals surface area contributed by atoms with Crippen LogP contribution >= 0.6 is 0 Å². The molecule has 0 aromatic rings. The van der Waals surface area contributed by atoms with E-state index in [0.717, 1.165) is 32.2 Å². The van der Waals surface area contributed by atoms with Gasteiger partial charge in [0.1, 0.15) is 6.23 Å². The zero-order chi connectivity index (χ0) is 13.7. The van der Waals surface area contributed by atoms with E-state index in [4.69, 9.17) is 9.47 Å². The number of ether oxygens (including phenoxy) is 2. The molecule has 2 aliphatic rings. The van der Waals surface area contributed by atoms with Gasteiger partial charge in [0.25, 0.3) is 0 Å². The van der Waals surface area contributed by atoms with Gasteiger partial charge in [-0.15, -0.1) is 0 Å². The van der Waals surface area contributed by atoms with Gasteiger partial charge < -0.3 is 9.47 Å². The predicted molar refractivity (Wildman–Crippen MR) is 73.8 cm³/mol. The third-order valence-electron chi connectivity index (χ3n) is 4.75. The van der Waals surface area contributed by atoms with Crippen molar-refractivity contribution in [1.29, 1.82) is 0 Å². The lowest BCUT2D eigenvalue weighted by molar-refractivity contribution is -0.0835. The summed E-state index contributed by atoms with van der Waals surface area (Å²) in [6, 6.07) is 0. The highest BCUT2D eigenvalue weighted by Gasteiger charge is 2.29. The second-order valence-electron chi connectivity index (χ2n) is 6.12. The number of methoxy groups -OCH3 is 1. The molecular weight excluding hydrogens is 245 g/mol. The van der Waals surface area contributed by atoms with Crippen molar-refractivity contribution in [2.45, 2.75) is 63.9 Å². The molecule has 1 N–H and O–H groups in total. The zero-order valence-corrected chi connectivity index (χ0v) is 12.2. The molecule has 0 aromatic carbocycles. The van der Waals surface area contributed by atoms with Crippen molar-refractivity contribution in [1.82, 2.24) is 5.32 Å². The largest absolute Gasteiger partial charge is 0.381 e. The second-order valence-corrected chi connectivity index (χ2v) is 6.12. The number of piperidine rings is 1. The minimum atomic E-state index is -0.212. The van der Waals surface area contributed by atoms with Crippen LogP contribution in [0.25, 0.3) is 0 Å². The van der Waals surface area contributed by atoms with Crippen LogP contribution in [0.3, 0.4) is 0 Å². The van der Waals surface area contributed by atoms with Gasteiger partial charge in [-0.1, -0.05) is 6.42 Å². The third kappa shape index (κ3) is 4.40. The molecule has 0 radical (unpaired) electrons. The SMILES string of the molecule is COC(C)C1CCCC(OC2CCC(CF)CN2)C1. The smallest absolute Gasteiger partial charge is 0.108 e. The summed E-state index contributed by atoms with van der Waals surface area (Å²) in [5, 5.41) is 3.33. The Morgan fingerprint density at radius 3 is 2.74 bits per heavy atom. The van der Waals surface area contributed by atoms with Crippen LogP contribution in [0.1, 0.15) is 45.4 Å². The topological polar surface area (TPSA) is 30.5 Å². The fraction of sp³-hybridized carbons (Fsp3) is 1.00. The maximum atomic E-state index is 12.5. The minimum absolute atomic E-state index is 0.129. The van der Waals surface area contributed by atoms with Gasteiger partial charge in [-0.05, 0) is 50.9 Å². The second kappa shape index (κ2) is 7.55. The molecule has 5 unspecified atom stereocenters. The number of alkyl halides is 1. The fourth-order valence-corrected chi connectivity index (χ4v) is 3.29. The van der Waals surface area contributed by atoms with Crippen LogP contribution in [0.4, 0.5) is 4.39 Å². The van der Waals surface area contributed by atoms with Crippen LogP contribution in [0.15, 0.2) is 0 Å². The van der Waals surface area contributed by atoms with Crippen LogP contribution in [0.2, 0.25) is 0 Å². The Morgan fingerprint density at radius 1 is 1.26 bits per heavy atom. The van der Waals surface area contributed by atoms with E-state index >= 15 is 0 Å². The van der Waals surface area contributed by atoms with E-state index in [1.54, 1.807) is 7.11 Å². The molecule has 1 saturated heterocycles. The maximum Gasteiger partial charge on any atom is 0.108 e. The average Bonchev–Trinajstić information content (AvgIpc) is 2.47. The molecule has 0 bridgehead atoms. The molecule has 1 saturated carbocycles. The molecule has 19 heavy (non-hydrogen) atoms. The molecule has 1 heterocycles. The van der Waals surface area contributed by atoms with Gasteiger partial charge in [-0.3, -0.25) is 9.71 Å². The van der Waals surface area contributed by atoms with Crippen LogP contribution in [-0.2, 0) is 9.47 Å². The van der Waals surface area contributed by atoms with Crippen molar-refractivity contribution in [2.75, 3.05) is 20.3 Å².